The molecule has 6 heteroatoms. The summed E-state index contributed by atoms with van der Waals surface area (Å²) < 4.78 is 5.32. The monoisotopic (exact) mass is 249 g/mol. The van der Waals surface area contributed by atoms with Crippen LogP contribution in [0.15, 0.2) is 18.3 Å². The minimum absolute atomic E-state index is 0.101. The fraction of sp³-hybridized carbons (Fsp3) is 0.417. The third-order valence-corrected chi connectivity index (χ3v) is 2.88. The van der Waals surface area contributed by atoms with Crippen molar-refractivity contribution in [2.24, 2.45) is 0 Å². The Balaban J connectivity index is 2.21. The first kappa shape index (κ1) is 12.5. The molecule has 18 heavy (non-hydrogen) atoms. The lowest BCUT2D eigenvalue weighted by atomic mass is 10.2. The predicted octanol–water partition coefficient (Wildman–Crippen LogP) is -0.155. The van der Waals surface area contributed by atoms with Crippen molar-refractivity contribution in [1.82, 2.24) is 10.3 Å². The second-order valence-corrected chi connectivity index (χ2v) is 3.97. The molecule has 1 fully saturated rings. The number of aldehydes is 1. The van der Waals surface area contributed by atoms with Gasteiger partial charge in [-0.3, -0.25) is 9.59 Å². The van der Waals surface area contributed by atoms with Crippen LogP contribution in [0, 0.1) is 0 Å². The topological polar surface area (TPSA) is 71.5 Å². The van der Waals surface area contributed by atoms with Gasteiger partial charge < -0.3 is 15.0 Å². The number of aromatic nitrogens is 1. The van der Waals surface area contributed by atoms with Gasteiger partial charge in [0.15, 0.2) is 6.29 Å². The number of nitrogens with zero attached hydrogens (tertiary/aromatic N) is 2. The normalized spacial score (nSPS) is 19.4. The first-order chi connectivity index (χ1) is 8.76. The Bertz CT molecular complexity index is 433. The quantitative estimate of drug-likeness (QED) is 0.754. The largest absolute Gasteiger partial charge is 0.377 e. The third kappa shape index (κ3) is 2.48. The SMILES string of the molecule is CNC(=O)C1COCCN1c1ccc(C=O)cn1. The van der Waals surface area contributed by atoms with Gasteiger partial charge in [-0.2, -0.15) is 0 Å². The molecule has 0 spiro atoms. The molecule has 0 saturated carbocycles. The summed E-state index contributed by atoms with van der Waals surface area (Å²) >= 11 is 0. The fourth-order valence-corrected chi connectivity index (χ4v) is 1.90. The van der Waals surface area contributed by atoms with Gasteiger partial charge in [0.05, 0.1) is 13.2 Å². The van der Waals surface area contributed by atoms with Crippen LogP contribution in [-0.4, -0.2) is 50.0 Å². The van der Waals surface area contributed by atoms with Crippen LogP contribution in [-0.2, 0) is 9.53 Å². The first-order valence-electron chi connectivity index (χ1n) is 5.73. The molecule has 0 aromatic carbocycles. The average Bonchev–Trinajstić information content (AvgIpc) is 2.46. The van der Waals surface area contributed by atoms with Gasteiger partial charge in [0, 0.05) is 25.4 Å². The molecule has 0 aliphatic carbocycles. The molecule has 1 atom stereocenters. The maximum absolute atomic E-state index is 11.8. The van der Waals surface area contributed by atoms with E-state index in [9.17, 15) is 9.59 Å². The molecule has 0 bridgehead atoms. The van der Waals surface area contributed by atoms with Crippen molar-refractivity contribution in [2.75, 3.05) is 31.7 Å². The van der Waals surface area contributed by atoms with Gasteiger partial charge in [-0.15, -0.1) is 0 Å². The number of carbonyl (C=O) groups excluding carboxylic acids is 2. The Morgan fingerprint density at radius 3 is 3.06 bits per heavy atom. The van der Waals surface area contributed by atoms with Gasteiger partial charge >= 0.3 is 0 Å². The molecule has 1 aromatic rings. The second-order valence-electron chi connectivity index (χ2n) is 3.97. The van der Waals surface area contributed by atoms with E-state index in [4.69, 9.17) is 4.74 Å². The van der Waals surface area contributed by atoms with Crippen molar-refractivity contribution in [2.45, 2.75) is 6.04 Å². The lowest BCUT2D eigenvalue weighted by Gasteiger charge is -2.35. The van der Waals surface area contributed by atoms with Crippen LogP contribution in [0.5, 0.6) is 0 Å². The minimum atomic E-state index is -0.377. The van der Waals surface area contributed by atoms with E-state index in [0.717, 1.165) is 6.29 Å². The number of morpholine rings is 1. The zero-order valence-corrected chi connectivity index (χ0v) is 10.1. The number of ether oxygens (including phenoxy) is 1. The molecule has 1 aliphatic rings. The zero-order valence-electron chi connectivity index (χ0n) is 10.1. The molecule has 1 unspecified atom stereocenters. The Labute approximate surface area is 105 Å². The summed E-state index contributed by atoms with van der Waals surface area (Å²) in [5.41, 5.74) is 0.517. The number of anilines is 1. The highest BCUT2D eigenvalue weighted by atomic mass is 16.5. The van der Waals surface area contributed by atoms with Crippen molar-refractivity contribution in [1.29, 1.82) is 0 Å². The van der Waals surface area contributed by atoms with Crippen LogP contribution >= 0.6 is 0 Å². The molecular formula is C12H15N3O3. The van der Waals surface area contributed by atoms with Crippen molar-refractivity contribution in [3.8, 4) is 0 Å². The fourth-order valence-electron chi connectivity index (χ4n) is 1.90. The van der Waals surface area contributed by atoms with Crippen LogP contribution < -0.4 is 10.2 Å². The van der Waals surface area contributed by atoms with Crippen molar-refractivity contribution in [3.05, 3.63) is 23.9 Å². The molecule has 1 amide bonds. The molecule has 2 rings (SSSR count). The average molecular weight is 249 g/mol. The van der Waals surface area contributed by atoms with E-state index < -0.39 is 0 Å². The summed E-state index contributed by atoms with van der Waals surface area (Å²) in [5.74, 6) is 0.577. The number of nitrogens with one attached hydrogen (secondary N) is 1. The third-order valence-electron chi connectivity index (χ3n) is 2.88. The van der Waals surface area contributed by atoms with E-state index in [1.807, 2.05) is 4.90 Å². The molecule has 1 aromatic heterocycles. The van der Waals surface area contributed by atoms with Crippen LogP contribution in [0.4, 0.5) is 5.82 Å². The Morgan fingerprint density at radius 2 is 2.44 bits per heavy atom. The van der Waals surface area contributed by atoms with Gasteiger partial charge in [-0.25, -0.2) is 4.98 Å². The molecule has 0 radical (unpaired) electrons. The number of hydrogen-bond acceptors (Lipinski definition) is 5. The predicted molar refractivity (Wildman–Crippen MR) is 65.6 cm³/mol. The van der Waals surface area contributed by atoms with E-state index >= 15 is 0 Å². The van der Waals surface area contributed by atoms with E-state index in [1.165, 1.54) is 6.20 Å². The number of likely N-dealkylation sites (N-methyl/N-ethyl adjacent to an activating group) is 1. The standard InChI is InChI=1S/C12H15N3O3/c1-13-12(17)10-8-18-5-4-15(10)11-3-2-9(7-16)6-14-11/h2-3,6-7,10H,4-5,8H2,1H3,(H,13,17). The Morgan fingerprint density at radius 1 is 1.61 bits per heavy atom. The van der Waals surface area contributed by atoms with Crippen molar-refractivity contribution in [3.63, 3.8) is 0 Å². The van der Waals surface area contributed by atoms with E-state index in [2.05, 4.69) is 10.3 Å². The van der Waals surface area contributed by atoms with Crippen LogP contribution in [0.2, 0.25) is 0 Å². The lowest BCUT2D eigenvalue weighted by Crippen LogP contribution is -2.53. The number of hydrogen-bond donors (Lipinski definition) is 1. The second kappa shape index (κ2) is 5.59. The molecule has 6 nitrogen and oxygen atoms in total. The summed E-state index contributed by atoms with van der Waals surface area (Å²) in [6, 6.07) is 3.05. The number of amides is 1. The maximum Gasteiger partial charge on any atom is 0.244 e. The highest BCUT2D eigenvalue weighted by molar-refractivity contribution is 5.85. The van der Waals surface area contributed by atoms with E-state index in [-0.39, 0.29) is 11.9 Å². The lowest BCUT2D eigenvalue weighted by molar-refractivity contribution is -0.124. The Kier molecular flexibility index (Phi) is 3.88. The summed E-state index contributed by atoms with van der Waals surface area (Å²) in [7, 11) is 1.60. The summed E-state index contributed by atoms with van der Waals surface area (Å²) in [6.07, 6.45) is 2.24. The molecule has 1 saturated heterocycles. The number of carbonyl (C=O) groups is 2. The smallest absolute Gasteiger partial charge is 0.244 e. The highest BCUT2D eigenvalue weighted by Crippen LogP contribution is 2.17. The van der Waals surface area contributed by atoms with Crippen molar-refractivity contribution >= 4 is 18.0 Å². The van der Waals surface area contributed by atoms with Crippen molar-refractivity contribution < 1.29 is 14.3 Å². The van der Waals surface area contributed by atoms with Gasteiger partial charge in [-0.1, -0.05) is 0 Å². The maximum atomic E-state index is 11.8. The zero-order chi connectivity index (χ0) is 13.0. The molecule has 1 aliphatic heterocycles. The summed E-state index contributed by atoms with van der Waals surface area (Å²) in [6.45, 7) is 1.51. The van der Waals surface area contributed by atoms with Crippen LogP contribution in [0.3, 0.4) is 0 Å². The van der Waals surface area contributed by atoms with Gasteiger partial charge in [0.1, 0.15) is 11.9 Å². The van der Waals surface area contributed by atoms with Crippen LogP contribution in [0.25, 0.3) is 0 Å². The minimum Gasteiger partial charge on any atom is -0.377 e. The Hall–Kier alpha value is -1.95. The highest BCUT2D eigenvalue weighted by Gasteiger charge is 2.29. The number of pyridine rings is 1. The van der Waals surface area contributed by atoms with Gasteiger partial charge in [0.25, 0.3) is 0 Å². The summed E-state index contributed by atoms with van der Waals surface area (Å²) in [5, 5.41) is 2.61. The first-order valence-corrected chi connectivity index (χ1v) is 5.73. The number of rotatable bonds is 3. The molecule has 96 valence electrons. The molecular weight excluding hydrogens is 234 g/mol. The van der Waals surface area contributed by atoms with Gasteiger partial charge in [0.2, 0.25) is 5.91 Å². The molecule has 2 heterocycles. The van der Waals surface area contributed by atoms with Gasteiger partial charge in [-0.05, 0) is 12.1 Å². The van der Waals surface area contributed by atoms with E-state index in [1.54, 1.807) is 19.2 Å². The van der Waals surface area contributed by atoms with Crippen LogP contribution in [0.1, 0.15) is 10.4 Å². The summed E-state index contributed by atoms with van der Waals surface area (Å²) in [4.78, 5) is 28.4. The van der Waals surface area contributed by atoms with E-state index in [0.29, 0.717) is 31.1 Å². The molecule has 1 N–H and O–H groups in total.